The number of nitrogens with zero attached hydrogens (tertiary/aromatic N) is 6. The van der Waals surface area contributed by atoms with Crippen LogP contribution in [0.25, 0.3) is 5.57 Å². The highest BCUT2D eigenvalue weighted by molar-refractivity contribution is 5.71. The summed E-state index contributed by atoms with van der Waals surface area (Å²) in [7, 11) is 4.13. The largest absolute Gasteiger partial charge is 0.391 e. The third kappa shape index (κ3) is 4.15. The van der Waals surface area contributed by atoms with Gasteiger partial charge >= 0.3 is 0 Å². The maximum Gasteiger partial charge on any atom is 0.134 e. The van der Waals surface area contributed by atoms with E-state index in [1.54, 1.807) is 6.33 Å². The molecule has 2 atom stereocenters. The van der Waals surface area contributed by atoms with Crippen molar-refractivity contribution in [3.05, 3.63) is 48.6 Å². The molecule has 7 heteroatoms. The van der Waals surface area contributed by atoms with E-state index in [1.165, 1.54) is 11.1 Å². The first-order chi connectivity index (χ1) is 13.6. The average Bonchev–Trinajstić information content (AvgIpc) is 3.08. The summed E-state index contributed by atoms with van der Waals surface area (Å²) in [6.07, 6.45) is 9.08. The molecule has 0 amide bonds. The molecule has 1 N–H and O–H groups in total. The van der Waals surface area contributed by atoms with Crippen LogP contribution in [0.4, 0.5) is 11.6 Å². The Balaban J connectivity index is 1.53. The Morgan fingerprint density at radius 3 is 2.75 bits per heavy atom. The Kier molecular flexibility index (Phi) is 5.54. The zero-order valence-corrected chi connectivity index (χ0v) is 16.6. The molecule has 0 bridgehead atoms. The summed E-state index contributed by atoms with van der Waals surface area (Å²) in [5, 5.41) is 10.2. The summed E-state index contributed by atoms with van der Waals surface area (Å²) in [6.45, 7) is 3.28. The van der Waals surface area contributed by atoms with Gasteiger partial charge in [0.25, 0.3) is 0 Å². The van der Waals surface area contributed by atoms with Gasteiger partial charge in [-0.05, 0) is 50.2 Å². The summed E-state index contributed by atoms with van der Waals surface area (Å²) >= 11 is 0. The molecule has 7 nitrogen and oxygen atoms in total. The predicted octanol–water partition coefficient (Wildman–Crippen LogP) is 1.67. The lowest BCUT2D eigenvalue weighted by Crippen LogP contribution is -2.38. The summed E-state index contributed by atoms with van der Waals surface area (Å²) in [6, 6.07) is 6.44. The summed E-state index contributed by atoms with van der Waals surface area (Å²) < 4.78 is 0. The number of aliphatic hydroxyl groups excluding tert-OH is 1. The molecule has 0 aromatic carbocycles. The molecule has 1 fully saturated rings. The number of anilines is 2. The third-order valence-corrected chi connectivity index (χ3v) is 5.43. The number of hydrogen-bond acceptors (Lipinski definition) is 7. The van der Waals surface area contributed by atoms with Gasteiger partial charge in [0, 0.05) is 50.7 Å². The lowest BCUT2D eigenvalue weighted by molar-refractivity contribution is 0.191. The highest BCUT2D eigenvalue weighted by Crippen LogP contribution is 2.29. The average molecular weight is 380 g/mol. The van der Waals surface area contributed by atoms with Crippen molar-refractivity contribution in [2.24, 2.45) is 0 Å². The lowest BCUT2D eigenvalue weighted by atomic mass is 10.0. The van der Waals surface area contributed by atoms with E-state index in [2.05, 4.69) is 68.0 Å². The van der Waals surface area contributed by atoms with E-state index in [0.717, 1.165) is 44.1 Å². The zero-order chi connectivity index (χ0) is 19.5. The Morgan fingerprint density at radius 2 is 1.96 bits per heavy atom. The van der Waals surface area contributed by atoms with Crippen LogP contribution in [0.2, 0.25) is 0 Å². The minimum absolute atomic E-state index is 0.265. The monoisotopic (exact) mass is 380 g/mol. The van der Waals surface area contributed by atoms with E-state index in [9.17, 15) is 5.11 Å². The van der Waals surface area contributed by atoms with Crippen LogP contribution in [0.5, 0.6) is 0 Å². The molecule has 4 heterocycles. The van der Waals surface area contributed by atoms with Crippen LogP contribution < -0.4 is 9.80 Å². The van der Waals surface area contributed by atoms with E-state index in [1.807, 2.05) is 12.4 Å². The van der Waals surface area contributed by atoms with Crippen LogP contribution in [0, 0.1) is 0 Å². The maximum atomic E-state index is 10.2. The molecule has 28 heavy (non-hydrogen) atoms. The molecule has 0 saturated carbocycles. The van der Waals surface area contributed by atoms with E-state index in [0.29, 0.717) is 6.54 Å². The van der Waals surface area contributed by atoms with Gasteiger partial charge in [-0.1, -0.05) is 6.08 Å². The van der Waals surface area contributed by atoms with Gasteiger partial charge in [-0.15, -0.1) is 0 Å². The Bertz CT molecular complexity index is 825. The first-order valence-electron chi connectivity index (χ1n) is 9.86. The van der Waals surface area contributed by atoms with Gasteiger partial charge in [0.1, 0.15) is 18.0 Å². The molecule has 0 aliphatic carbocycles. The van der Waals surface area contributed by atoms with Crippen LogP contribution in [0.1, 0.15) is 18.4 Å². The third-order valence-electron chi connectivity index (χ3n) is 5.43. The van der Waals surface area contributed by atoms with Crippen molar-refractivity contribution < 1.29 is 5.11 Å². The fourth-order valence-corrected chi connectivity index (χ4v) is 4.15. The number of aromatic nitrogens is 3. The fourth-order valence-electron chi connectivity index (χ4n) is 4.15. The van der Waals surface area contributed by atoms with Gasteiger partial charge in [-0.25, -0.2) is 9.97 Å². The molecule has 2 aromatic rings. The van der Waals surface area contributed by atoms with Crippen LogP contribution in [0.3, 0.4) is 0 Å². The first-order valence-corrected chi connectivity index (χ1v) is 9.86. The standard InChI is InChI=1S/C21H28N6O/c1-25(2)13-18-10-19(28)14-27(18)21-11-20(23-15-24-21)26-9-3-4-17(12-26)16-5-7-22-8-6-16/h4-8,11,15,18-19,28H,3,9-10,12-14H2,1-2H3/t18-,19-/m1/s1. The Morgan fingerprint density at radius 1 is 1.18 bits per heavy atom. The van der Waals surface area contributed by atoms with Crippen molar-refractivity contribution in [1.82, 2.24) is 19.9 Å². The number of rotatable bonds is 5. The molecular weight excluding hydrogens is 352 g/mol. The molecule has 148 valence electrons. The highest BCUT2D eigenvalue weighted by Gasteiger charge is 2.32. The van der Waals surface area contributed by atoms with Gasteiger partial charge in [-0.2, -0.15) is 0 Å². The number of hydrogen-bond donors (Lipinski definition) is 1. The van der Waals surface area contributed by atoms with E-state index in [-0.39, 0.29) is 12.1 Å². The summed E-state index contributed by atoms with van der Waals surface area (Å²) in [5.74, 6) is 1.84. The molecule has 2 aromatic heterocycles. The summed E-state index contributed by atoms with van der Waals surface area (Å²) in [4.78, 5) is 19.9. The first kappa shape index (κ1) is 18.8. The number of likely N-dealkylation sites (N-methyl/N-ethyl adjacent to an activating group) is 1. The van der Waals surface area contributed by atoms with Crippen LogP contribution in [-0.4, -0.2) is 77.4 Å². The van der Waals surface area contributed by atoms with Gasteiger partial charge in [0.2, 0.25) is 0 Å². The Labute approximate surface area is 166 Å². The number of aliphatic hydroxyl groups is 1. The number of pyridine rings is 1. The summed E-state index contributed by atoms with van der Waals surface area (Å²) in [5.41, 5.74) is 2.51. The quantitative estimate of drug-likeness (QED) is 0.846. The topological polar surface area (TPSA) is 68.6 Å². The lowest BCUT2D eigenvalue weighted by Gasteiger charge is -2.31. The Hall–Kier alpha value is -2.51. The molecular formula is C21H28N6O. The van der Waals surface area contributed by atoms with Gasteiger partial charge in [0.05, 0.1) is 6.10 Å². The van der Waals surface area contributed by atoms with Crippen molar-refractivity contribution in [2.45, 2.75) is 25.0 Å². The predicted molar refractivity (Wildman–Crippen MR) is 111 cm³/mol. The number of β-amino-alcohol motifs (C(OH)–C–C–N with tert-alkyl or cyclic N) is 1. The van der Waals surface area contributed by atoms with E-state index >= 15 is 0 Å². The van der Waals surface area contributed by atoms with Gasteiger partial charge in [0.15, 0.2) is 0 Å². The smallest absolute Gasteiger partial charge is 0.134 e. The van der Waals surface area contributed by atoms with Crippen molar-refractivity contribution in [3.8, 4) is 0 Å². The molecule has 0 unspecified atom stereocenters. The highest BCUT2D eigenvalue weighted by atomic mass is 16.3. The van der Waals surface area contributed by atoms with Crippen molar-refractivity contribution in [1.29, 1.82) is 0 Å². The molecule has 0 spiro atoms. The minimum Gasteiger partial charge on any atom is -0.391 e. The molecule has 2 aliphatic rings. The second-order valence-corrected chi connectivity index (χ2v) is 7.87. The molecule has 1 saturated heterocycles. The van der Waals surface area contributed by atoms with Crippen molar-refractivity contribution in [2.75, 3.05) is 50.1 Å². The normalized spacial score (nSPS) is 22.6. The van der Waals surface area contributed by atoms with Crippen molar-refractivity contribution in [3.63, 3.8) is 0 Å². The molecule has 2 aliphatic heterocycles. The minimum atomic E-state index is -0.306. The zero-order valence-electron chi connectivity index (χ0n) is 16.6. The fraction of sp³-hybridized carbons (Fsp3) is 0.476. The van der Waals surface area contributed by atoms with Crippen LogP contribution in [0.15, 0.2) is 43.0 Å². The van der Waals surface area contributed by atoms with Gasteiger partial charge in [-0.3, -0.25) is 4.98 Å². The van der Waals surface area contributed by atoms with E-state index in [4.69, 9.17) is 0 Å². The van der Waals surface area contributed by atoms with Crippen LogP contribution >= 0.6 is 0 Å². The SMILES string of the molecule is CN(C)C[C@H]1C[C@@H](O)CN1c1cc(N2CCC=C(c3ccncc3)C2)ncn1. The van der Waals surface area contributed by atoms with Gasteiger partial charge < -0.3 is 19.8 Å². The van der Waals surface area contributed by atoms with E-state index < -0.39 is 0 Å². The maximum absolute atomic E-state index is 10.2. The molecule has 0 radical (unpaired) electrons. The second kappa shape index (κ2) is 8.24. The van der Waals surface area contributed by atoms with Crippen LogP contribution in [-0.2, 0) is 0 Å². The van der Waals surface area contributed by atoms with Crippen molar-refractivity contribution >= 4 is 17.2 Å². The second-order valence-electron chi connectivity index (χ2n) is 7.87. The molecule has 4 rings (SSSR count).